The van der Waals surface area contributed by atoms with Gasteiger partial charge in [-0.15, -0.1) is 0 Å². The van der Waals surface area contributed by atoms with Crippen LogP contribution in [0.2, 0.25) is 0 Å². The number of benzene rings is 3. The molecule has 5 rings (SSSR count). The molecule has 1 saturated heterocycles. The van der Waals surface area contributed by atoms with E-state index in [-0.39, 0.29) is 34.1 Å². The number of amides is 3. The Morgan fingerprint density at radius 3 is 2.32 bits per heavy atom. The third-order valence-corrected chi connectivity index (χ3v) is 9.42. The van der Waals surface area contributed by atoms with Crippen molar-refractivity contribution in [2.45, 2.75) is 31.6 Å². The Morgan fingerprint density at radius 1 is 1.04 bits per heavy atom. The van der Waals surface area contributed by atoms with Crippen molar-refractivity contribution in [3.63, 3.8) is 0 Å². The average Bonchev–Trinajstić information content (AvgIpc) is 3.60. The van der Waals surface area contributed by atoms with Crippen LogP contribution in [0.1, 0.15) is 30.9 Å². The second-order valence-corrected chi connectivity index (χ2v) is 14.8. The summed E-state index contributed by atoms with van der Waals surface area (Å²) in [7, 11) is -6.41. The number of nitrogens with zero attached hydrogens (tertiary/aromatic N) is 5. The van der Waals surface area contributed by atoms with Gasteiger partial charge in [0.25, 0.3) is 0 Å². The molecule has 1 aliphatic heterocycles. The van der Waals surface area contributed by atoms with Gasteiger partial charge < -0.3 is 14.8 Å². The van der Waals surface area contributed by atoms with Crippen molar-refractivity contribution in [1.29, 1.82) is 0 Å². The number of carbonyl (C=O) groups is 2. The quantitative estimate of drug-likeness (QED) is 0.195. The molecule has 1 N–H and O–H groups in total. The summed E-state index contributed by atoms with van der Waals surface area (Å²) in [6.07, 6.45) is 2.87. The molecule has 0 spiro atoms. The topological polar surface area (TPSA) is 82.8 Å². The lowest BCUT2D eigenvalue weighted by atomic mass is 9.99. The predicted molar refractivity (Wildman–Crippen MR) is 176 cm³/mol. The number of anilines is 3. The molecular weight excluding hydrogens is 667 g/mol. The van der Waals surface area contributed by atoms with E-state index in [1.807, 2.05) is 13.8 Å². The van der Waals surface area contributed by atoms with E-state index in [0.29, 0.717) is 45.9 Å². The molecule has 1 aliphatic rings. The summed E-state index contributed by atoms with van der Waals surface area (Å²) in [5, 5.41) is 2.86. The molecule has 16 heteroatoms. The summed E-state index contributed by atoms with van der Waals surface area (Å²) in [4.78, 5) is 35.4. The molecule has 3 aromatic carbocycles. The Kier molecular flexibility index (Phi) is 8.20. The Morgan fingerprint density at radius 2 is 1.72 bits per heavy atom. The van der Waals surface area contributed by atoms with Crippen LogP contribution < -0.4 is 15.1 Å². The Hall–Kier alpha value is -4.44. The molecule has 0 saturated carbocycles. The first kappa shape index (κ1) is 33.9. The van der Waals surface area contributed by atoms with Crippen LogP contribution in [0.5, 0.6) is 0 Å². The van der Waals surface area contributed by atoms with Gasteiger partial charge in [-0.1, -0.05) is 51.1 Å². The number of halogens is 6. The fourth-order valence-electron chi connectivity index (χ4n) is 4.93. The van der Waals surface area contributed by atoms with E-state index in [4.69, 9.17) is 0 Å². The second-order valence-electron chi connectivity index (χ2n) is 11.4. The lowest BCUT2D eigenvalue weighted by molar-refractivity contribution is -0.115. The van der Waals surface area contributed by atoms with Crippen LogP contribution >= 0.6 is 22.0 Å². The SMILES string of the molecule is Cc1cc(-c2cn(-c3ccc(S(F)(F)(F)(F)F)cc3)cn2)ccc1NC(=O)/N=C1\SCC(=O)N1c1cc(N(C)C)c(F)cc1C(C)C. The van der Waals surface area contributed by atoms with E-state index < -0.39 is 27.0 Å². The molecule has 3 amide bonds. The number of urea groups is 1. The van der Waals surface area contributed by atoms with Crippen molar-refractivity contribution < 1.29 is 33.4 Å². The molecule has 0 radical (unpaired) electrons. The summed E-state index contributed by atoms with van der Waals surface area (Å²) < 4.78 is 81.5. The molecule has 0 unspecified atom stereocenters. The highest BCUT2D eigenvalue weighted by Crippen LogP contribution is 3.02. The van der Waals surface area contributed by atoms with Gasteiger partial charge >= 0.3 is 16.3 Å². The van der Waals surface area contributed by atoms with Crippen molar-refractivity contribution in [2.75, 3.05) is 35.0 Å². The Bertz CT molecular complexity index is 1930. The summed E-state index contributed by atoms with van der Waals surface area (Å²) in [5.41, 5.74) is 3.63. The number of amidine groups is 1. The molecule has 4 aromatic rings. The lowest BCUT2D eigenvalue weighted by Gasteiger charge is -2.40. The van der Waals surface area contributed by atoms with Crippen molar-refractivity contribution in [3.05, 3.63) is 84.1 Å². The number of carbonyl (C=O) groups excluding carboxylic acids is 2. The molecular formula is C31H30F6N6O2S2. The second kappa shape index (κ2) is 11.4. The van der Waals surface area contributed by atoms with Gasteiger partial charge in [0.1, 0.15) is 10.7 Å². The fraction of sp³-hybridized carbons (Fsp3) is 0.226. The lowest BCUT2D eigenvalue weighted by Crippen LogP contribution is -2.31. The highest BCUT2D eigenvalue weighted by atomic mass is 32.5. The van der Waals surface area contributed by atoms with E-state index >= 15 is 0 Å². The minimum absolute atomic E-state index is 0.0544. The highest BCUT2D eigenvalue weighted by molar-refractivity contribution is 8.45. The zero-order valence-corrected chi connectivity index (χ0v) is 27.4. The van der Waals surface area contributed by atoms with Crippen LogP contribution in [-0.4, -0.2) is 46.5 Å². The van der Waals surface area contributed by atoms with Gasteiger partial charge in [-0.05, 0) is 72.5 Å². The molecule has 250 valence electrons. The Labute approximate surface area is 271 Å². The third kappa shape index (κ3) is 7.27. The zero-order valence-electron chi connectivity index (χ0n) is 25.8. The van der Waals surface area contributed by atoms with Gasteiger partial charge in [-0.25, -0.2) is 14.2 Å². The van der Waals surface area contributed by atoms with Crippen molar-refractivity contribution in [2.24, 2.45) is 4.99 Å². The molecule has 1 fully saturated rings. The van der Waals surface area contributed by atoms with Crippen LogP contribution in [0, 0.1) is 12.7 Å². The van der Waals surface area contributed by atoms with Crippen LogP contribution in [-0.2, 0) is 4.79 Å². The minimum atomic E-state index is -9.78. The van der Waals surface area contributed by atoms with Crippen LogP contribution in [0.4, 0.5) is 45.7 Å². The van der Waals surface area contributed by atoms with Crippen LogP contribution in [0.3, 0.4) is 0 Å². The first-order valence-electron chi connectivity index (χ1n) is 14.1. The normalized spacial score (nSPS) is 16.0. The number of imidazole rings is 1. The first-order chi connectivity index (χ1) is 21.7. The Balaban J connectivity index is 1.35. The maximum atomic E-state index is 14.8. The highest BCUT2D eigenvalue weighted by Gasteiger charge is 2.65. The van der Waals surface area contributed by atoms with Gasteiger partial charge in [0.05, 0.1) is 29.1 Å². The van der Waals surface area contributed by atoms with Gasteiger partial charge in [-0.3, -0.25) is 9.69 Å². The molecule has 47 heavy (non-hydrogen) atoms. The van der Waals surface area contributed by atoms with E-state index in [0.717, 1.165) is 23.9 Å². The number of hydrogen-bond donors (Lipinski definition) is 1. The largest absolute Gasteiger partial charge is 0.375 e. The summed E-state index contributed by atoms with van der Waals surface area (Å²) in [5.74, 6) is -0.800. The monoisotopic (exact) mass is 696 g/mol. The van der Waals surface area contributed by atoms with Crippen LogP contribution in [0.15, 0.2) is 77.0 Å². The maximum Gasteiger partial charge on any atom is 0.347 e. The first-order valence-corrected chi connectivity index (χ1v) is 17.0. The third-order valence-electron chi connectivity index (χ3n) is 7.33. The molecule has 0 bridgehead atoms. The van der Waals surface area contributed by atoms with Crippen molar-refractivity contribution >= 4 is 56.2 Å². The van der Waals surface area contributed by atoms with Gasteiger partial charge in [0.2, 0.25) is 5.91 Å². The van der Waals surface area contributed by atoms with E-state index in [1.165, 1.54) is 28.1 Å². The molecule has 8 nitrogen and oxygen atoms in total. The summed E-state index contributed by atoms with van der Waals surface area (Å²) >= 11 is 1.09. The molecule has 2 heterocycles. The van der Waals surface area contributed by atoms with Gasteiger partial charge in [0, 0.05) is 37.2 Å². The number of aliphatic imine (C=N–C) groups is 1. The molecule has 0 aliphatic carbocycles. The average molecular weight is 697 g/mol. The number of rotatable bonds is 7. The zero-order chi connectivity index (χ0) is 34.5. The molecule has 1 aromatic heterocycles. The summed E-state index contributed by atoms with van der Waals surface area (Å²) in [6, 6.07) is 9.78. The van der Waals surface area contributed by atoms with E-state index in [9.17, 15) is 33.4 Å². The minimum Gasteiger partial charge on any atom is -0.375 e. The maximum absolute atomic E-state index is 14.8. The van der Waals surface area contributed by atoms with Crippen molar-refractivity contribution in [1.82, 2.24) is 9.55 Å². The van der Waals surface area contributed by atoms with Gasteiger partial charge in [0.15, 0.2) is 5.17 Å². The fourth-order valence-corrected chi connectivity index (χ4v) is 6.44. The number of aryl methyl sites for hydroxylation is 1. The summed E-state index contributed by atoms with van der Waals surface area (Å²) in [6.45, 7) is 5.49. The number of nitrogens with one attached hydrogen (secondary N) is 1. The number of hydrogen-bond acceptors (Lipinski definition) is 5. The standard InChI is InChI=1S/C31H30F6N6O2S2/c1-18(2)23-13-24(32)28(41(4)5)14-27(23)43-29(44)16-46-31(43)40-30(45)39-25-11-6-20(12-19(25)3)26-15-42(17-38-26)21-7-9-22(10-8-21)47(33,34,35,36)37/h6-15,17-18H,16H2,1-5H3,(H,39,45)/b40-31-. The van der Waals surface area contributed by atoms with Crippen molar-refractivity contribution in [3.8, 4) is 16.9 Å². The van der Waals surface area contributed by atoms with Crippen LogP contribution in [0.25, 0.3) is 16.9 Å². The number of aromatic nitrogens is 2. The number of thioether (sulfide) groups is 1. The van der Waals surface area contributed by atoms with E-state index in [2.05, 4.69) is 15.3 Å². The smallest absolute Gasteiger partial charge is 0.347 e. The van der Waals surface area contributed by atoms with E-state index in [1.54, 1.807) is 50.2 Å². The molecule has 0 atom stereocenters. The predicted octanol–water partition coefficient (Wildman–Crippen LogP) is 9.50. The van der Waals surface area contributed by atoms with Gasteiger partial charge in [-0.2, -0.15) is 4.99 Å².